The van der Waals surface area contributed by atoms with Crippen molar-refractivity contribution in [1.82, 2.24) is 9.71 Å². The molecule has 0 unspecified atom stereocenters. The molecule has 3 aromatic rings. The molecule has 6 nitrogen and oxygen atoms in total. The molecule has 0 atom stereocenters. The van der Waals surface area contributed by atoms with Crippen molar-refractivity contribution in [3.05, 3.63) is 64.5 Å². The molecule has 4 rings (SSSR count). The molecule has 1 aliphatic carbocycles. The van der Waals surface area contributed by atoms with Gasteiger partial charge in [-0.05, 0) is 56.2 Å². The number of sulfonamides is 1. The Morgan fingerprint density at radius 3 is 2.54 bits per heavy atom. The summed E-state index contributed by atoms with van der Waals surface area (Å²) < 4.78 is 27.0. The van der Waals surface area contributed by atoms with Crippen LogP contribution in [0.1, 0.15) is 28.2 Å². The van der Waals surface area contributed by atoms with Crippen molar-refractivity contribution in [1.29, 1.82) is 0 Å². The summed E-state index contributed by atoms with van der Waals surface area (Å²) in [5, 5.41) is 5.81. The molecular weight excluding hydrogens is 394 g/mol. The van der Waals surface area contributed by atoms with Crippen LogP contribution >= 0.6 is 11.3 Å². The number of rotatable bonds is 6. The monoisotopic (exact) mass is 413 g/mol. The minimum Gasteiger partial charge on any atom is -0.322 e. The molecule has 28 heavy (non-hydrogen) atoms. The van der Waals surface area contributed by atoms with Crippen molar-refractivity contribution in [2.75, 3.05) is 5.32 Å². The van der Waals surface area contributed by atoms with Gasteiger partial charge in [-0.3, -0.25) is 4.79 Å². The zero-order valence-corrected chi connectivity index (χ0v) is 16.8. The maximum Gasteiger partial charge on any atom is 0.255 e. The second-order valence-electron chi connectivity index (χ2n) is 6.71. The topological polar surface area (TPSA) is 88.2 Å². The molecule has 1 aliphatic rings. The van der Waals surface area contributed by atoms with Crippen molar-refractivity contribution in [2.45, 2.75) is 30.7 Å². The number of anilines is 1. The van der Waals surface area contributed by atoms with Crippen molar-refractivity contribution in [3.63, 3.8) is 0 Å². The molecule has 2 N–H and O–H groups in total. The van der Waals surface area contributed by atoms with E-state index in [0.29, 0.717) is 11.3 Å². The summed E-state index contributed by atoms with van der Waals surface area (Å²) in [6.07, 6.45) is 1.75. The van der Waals surface area contributed by atoms with Crippen LogP contribution in [0.2, 0.25) is 0 Å². The largest absolute Gasteiger partial charge is 0.322 e. The van der Waals surface area contributed by atoms with Crippen molar-refractivity contribution < 1.29 is 13.2 Å². The van der Waals surface area contributed by atoms with Crippen LogP contribution in [0.5, 0.6) is 0 Å². The highest BCUT2D eigenvalue weighted by atomic mass is 32.2. The Labute approximate surface area is 167 Å². The second-order valence-corrected chi connectivity index (χ2v) is 9.48. The number of carbonyl (C=O) groups is 1. The molecule has 144 valence electrons. The minimum absolute atomic E-state index is 0.0433. The number of aryl methyl sites for hydroxylation is 1. The fraction of sp³-hybridized carbons (Fsp3) is 0.200. The maximum atomic E-state index is 12.5. The average molecular weight is 414 g/mol. The Morgan fingerprint density at radius 1 is 1.14 bits per heavy atom. The van der Waals surface area contributed by atoms with Crippen LogP contribution in [-0.4, -0.2) is 25.4 Å². The van der Waals surface area contributed by atoms with E-state index in [4.69, 9.17) is 0 Å². The molecule has 8 heteroatoms. The lowest BCUT2D eigenvalue weighted by molar-refractivity contribution is 0.102. The molecule has 0 spiro atoms. The second kappa shape index (κ2) is 7.46. The van der Waals surface area contributed by atoms with Crippen molar-refractivity contribution in [2.24, 2.45) is 0 Å². The van der Waals surface area contributed by atoms with Gasteiger partial charge in [0.05, 0.1) is 15.6 Å². The first-order valence-corrected chi connectivity index (χ1v) is 11.2. The summed E-state index contributed by atoms with van der Waals surface area (Å²) in [7, 11) is -3.52. The van der Waals surface area contributed by atoms with Crippen LogP contribution in [0.3, 0.4) is 0 Å². The molecule has 0 saturated heterocycles. The number of aromatic nitrogens is 1. The van der Waals surface area contributed by atoms with E-state index in [1.165, 1.54) is 24.3 Å². The van der Waals surface area contributed by atoms with Gasteiger partial charge in [-0.15, -0.1) is 11.3 Å². The van der Waals surface area contributed by atoms with E-state index in [0.717, 1.165) is 29.1 Å². The van der Waals surface area contributed by atoms with Crippen LogP contribution in [0.25, 0.3) is 11.3 Å². The van der Waals surface area contributed by atoms with Gasteiger partial charge in [-0.25, -0.2) is 18.1 Å². The molecule has 2 aromatic carbocycles. The van der Waals surface area contributed by atoms with Gasteiger partial charge in [0.15, 0.2) is 0 Å². The number of carbonyl (C=O) groups excluding carboxylic acids is 1. The first kappa shape index (κ1) is 18.8. The summed E-state index contributed by atoms with van der Waals surface area (Å²) in [6, 6.07) is 13.5. The van der Waals surface area contributed by atoms with Crippen molar-refractivity contribution >= 4 is 33.0 Å². The Balaban J connectivity index is 1.48. The highest BCUT2D eigenvalue weighted by molar-refractivity contribution is 7.89. The summed E-state index contributed by atoms with van der Waals surface area (Å²) in [5.74, 6) is -0.300. The highest BCUT2D eigenvalue weighted by Gasteiger charge is 2.27. The standard InChI is InChI=1S/C20H19N3O3S2/c1-13-21-19(12-27-13)15-3-2-4-17(11-15)22-20(24)14-5-9-18(10-6-14)28(25,26)23-16-7-8-16/h2-6,9-12,16,23H,7-8H2,1H3,(H,22,24). The fourth-order valence-electron chi connectivity index (χ4n) is 2.73. The molecule has 1 fully saturated rings. The third-order valence-electron chi connectivity index (χ3n) is 4.36. The van der Waals surface area contributed by atoms with Crippen LogP contribution in [0.4, 0.5) is 5.69 Å². The molecular formula is C20H19N3O3S2. The number of benzene rings is 2. The predicted molar refractivity (Wildman–Crippen MR) is 110 cm³/mol. The third kappa shape index (κ3) is 4.30. The minimum atomic E-state index is -3.52. The number of nitrogens with one attached hydrogen (secondary N) is 2. The van der Waals surface area contributed by atoms with Crippen LogP contribution in [0, 0.1) is 6.92 Å². The number of thiazole rings is 1. The van der Waals surface area contributed by atoms with Crippen LogP contribution < -0.4 is 10.0 Å². The van der Waals surface area contributed by atoms with Crippen LogP contribution in [0.15, 0.2) is 58.8 Å². The molecule has 0 bridgehead atoms. The molecule has 1 saturated carbocycles. The summed E-state index contributed by atoms with van der Waals surface area (Å²) >= 11 is 1.57. The number of amides is 1. The molecule has 0 radical (unpaired) electrons. The first-order valence-electron chi connectivity index (χ1n) is 8.87. The normalized spacial score (nSPS) is 14.0. The smallest absolute Gasteiger partial charge is 0.255 e. The van der Waals surface area contributed by atoms with E-state index in [9.17, 15) is 13.2 Å². The lowest BCUT2D eigenvalue weighted by Crippen LogP contribution is -2.25. The number of hydrogen-bond donors (Lipinski definition) is 2. The first-order chi connectivity index (χ1) is 13.4. The average Bonchev–Trinajstić information content (AvgIpc) is 3.37. The van der Waals surface area contributed by atoms with E-state index in [1.807, 2.05) is 30.5 Å². The van der Waals surface area contributed by atoms with E-state index in [-0.39, 0.29) is 16.8 Å². The molecule has 0 aliphatic heterocycles. The van der Waals surface area contributed by atoms with Gasteiger partial charge in [0, 0.05) is 28.2 Å². The summed E-state index contributed by atoms with van der Waals surface area (Å²) in [5.41, 5.74) is 2.84. The molecule has 1 amide bonds. The number of hydrogen-bond acceptors (Lipinski definition) is 5. The third-order valence-corrected chi connectivity index (χ3v) is 6.67. The predicted octanol–water partition coefficient (Wildman–Crippen LogP) is 3.81. The zero-order valence-electron chi connectivity index (χ0n) is 15.2. The molecule has 1 heterocycles. The number of nitrogens with zero attached hydrogens (tertiary/aromatic N) is 1. The van der Waals surface area contributed by atoms with E-state index in [2.05, 4.69) is 15.0 Å². The lowest BCUT2D eigenvalue weighted by atomic mass is 10.1. The molecule has 1 aromatic heterocycles. The Morgan fingerprint density at radius 2 is 1.89 bits per heavy atom. The van der Waals surface area contributed by atoms with E-state index >= 15 is 0 Å². The lowest BCUT2D eigenvalue weighted by Gasteiger charge is -2.08. The van der Waals surface area contributed by atoms with Crippen LogP contribution in [-0.2, 0) is 10.0 Å². The Bertz CT molecular complexity index is 1120. The zero-order chi connectivity index (χ0) is 19.7. The van der Waals surface area contributed by atoms with E-state index in [1.54, 1.807) is 17.4 Å². The van der Waals surface area contributed by atoms with Gasteiger partial charge >= 0.3 is 0 Å². The highest BCUT2D eigenvalue weighted by Crippen LogP contribution is 2.25. The summed E-state index contributed by atoms with van der Waals surface area (Å²) in [6.45, 7) is 1.95. The Hall–Kier alpha value is -2.55. The van der Waals surface area contributed by atoms with Crippen molar-refractivity contribution in [3.8, 4) is 11.3 Å². The van der Waals surface area contributed by atoms with Gasteiger partial charge in [0.25, 0.3) is 5.91 Å². The summed E-state index contributed by atoms with van der Waals surface area (Å²) in [4.78, 5) is 17.1. The van der Waals surface area contributed by atoms with Gasteiger partial charge in [-0.2, -0.15) is 0 Å². The van der Waals surface area contributed by atoms with Gasteiger partial charge in [-0.1, -0.05) is 12.1 Å². The maximum absolute atomic E-state index is 12.5. The quantitative estimate of drug-likeness (QED) is 0.643. The van der Waals surface area contributed by atoms with Gasteiger partial charge < -0.3 is 5.32 Å². The van der Waals surface area contributed by atoms with Gasteiger partial charge in [0.2, 0.25) is 10.0 Å². The van der Waals surface area contributed by atoms with E-state index < -0.39 is 10.0 Å². The SMILES string of the molecule is Cc1nc(-c2cccc(NC(=O)c3ccc(S(=O)(=O)NC4CC4)cc3)c2)cs1. The fourth-order valence-corrected chi connectivity index (χ4v) is 4.66. The Kier molecular flexibility index (Phi) is 5.01. The van der Waals surface area contributed by atoms with Gasteiger partial charge in [0.1, 0.15) is 0 Å².